The average Bonchev–Trinajstić information content (AvgIpc) is 3.46. The van der Waals surface area contributed by atoms with Crippen molar-refractivity contribution in [1.29, 1.82) is 0 Å². The normalized spacial score (nSPS) is 14.7. The van der Waals surface area contributed by atoms with Gasteiger partial charge in [-0.05, 0) is 30.5 Å². The van der Waals surface area contributed by atoms with E-state index >= 15 is 0 Å². The van der Waals surface area contributed by atoms with Crippen LogP contribution in [0.3, 0.4) is 0 Å². The third-order valence-electron chi connectivity index (χ3n) is 7.07. The van der Waals surface area contributed by atoms with Crippen LogP contribution in [0.25, 0.3) is 21.8 Å². The molecule has 0 bridgehead atoms. The van der Waals surface area contributed by atoms with Gasteiger partial charge in [0.2, 0.25) is 10.0 Å². The van der Waals surface area contributed by atoms with Gasteiger partial charge in [0.1, 0.15) is 16.8 Å². The SMILES string of the molecule is C=CCNC1CCN(c2cc(O)c(C(=O)Nc3cc(CNS(C)(=O)=O)c4nn(C)cc4c3)c3nn(C)cc23)CC1. The van der Waals surface area contributed by atoms with Gasteiger partial charge in [-0.25, -0.2) is 13.1 Å². The van der Waals surface area contributed by atoms with Crippen molar-refractivity contribution < 1.29 is 18.3 Å². The van der Waals surface area contributed by atoms with Crippen LogP contribution < -0.4 is 20.3 Å². The zero-order valence-electron chi connectivity index (χ0n) is 22.8. The Balaban J connectivity index is 1.45. The van der Waals surface area contributed by atoms with Gasteiger partial charge in [-0.3, -0.25) is 14.2 Å². The first kappa shape index (κ1) is 27.6. The number of nitrogens with one attached hydrogen (secondary N) is 3. The maximum atomic E-state index is 13.6. The number of rotatable bonds is 9. The van der Waals surface area contributed by atoms with Crippen molar-refractivity contribution in [2.24, 2.45) is 14.1 Å². The Morgan fingerprint density at radius 2 is 1.82 bits per heavy atom. The minimum atomic E-state index is -3.44. The minimum absolute atomic E-state index is 0.0142. The summed E-state index contributed by atoms with van der Waals surface area (Å²) in [7, 11) is 0.112. The molecular weight excluding hydrogens is 532 g/mol. The fraction of sp³-hybridized carbons (Fsp3) is 0.370. The number of aryl methyl sites for hydroxylation is 2. The van der Waals surface area contributed by atoms with Gasteiger partial charge < -0.3 is 20.6 Å². The molecule has 1 saturated heterocycles. The van der Waals surface area contributed by atoms with Crippen molar-refractivity contribution in [2.45, 2.75) is 25.4 Å². The summed E-state index contributed by atoms with van der Waals surface area (Å²) >= 11 is 0. The van der Waals surface area contributed by atoms with E-state index in [1.807, 2.05) is 12.3 Å². The predicted octanol–water partition coefficient (Wildman–Crippen LogP) is 2.21. The Kier molecular flexibility index (Phi) is 7.53. The monoisotopic (exact) mass is 566 g/mol. The summed E-state index contributed by atoms with van der Waals surface area (Å²) in [6, 6.07) is 5.49. The number of aromatic nitrogens is 4. The Hall–Kier alpha value is -3.94. The number of hydrogen-bond donors (Lipinski definition) is 4. The number of carbonyl (C=O) groups excluding carboxylic acids is 1. The van der Waals surface area contributed by atoms with E-state index in [0.717, 1.165) is 55.2 Å². The van der Waals surface area contributed by atoms with Crippen molar-refractivity contribution in [3.63, 3.8) is 0 Å². The molecule has 0 unspecified atom stereocenters. The van der Waals surface area contributed by atoms with Gasteiger partial charge in [0.15, 0.2) is 0 Å². The van der Waals surface area contributed by atoms with Crippen molar-refractivity contribution in [2.75, 3.05) is 36.1 Å². The number of hydrogen-bond acceptors (Lipinski definition) is 8. The van der Waals surface area contributed by atoms with Crippen molar-refractivity contribution >= 4 is 49.1 Å². The molecule has 2 aromatic heterocycles. The van der Waals surface area contributed by atoms with Crippen molar-refractivity contribution in [1.82, 2.24) is 29.6 Å². The van der Waals surface area contributed by atoms with E-state index in [4.69, 9.17) is 0 Å². The lowest BCUT2D eigenvalue weighted by atomic mass is 10.0. The van der Waals surface area contributed by atoms with Crippen LogP contribution in [0.4, 0.5) is 11.4 Å². The molecule has 5 rings (SSSR count). The molecule has 13 heteroatoms. The zero-order chi connectivity index (χ0) is 28.6. The second-order valence-electron chi connectivity index (χ2n) is 10.2. The highest BCUT2D eigenvalue weighted by Crippen LogP contribution is 2.37. The molecule has 4 aromatic rings. The van der Waals surface area contributed by atoms with Crippen LogP contribution in [0.1, 0.15) is 28.8 Å². The summed E-state index contributed by atoms with van der Waals surface area (Å²) in [4.78, 5) is 15.8. The van der Waals surface area contributed by atoms with E-state index in [1.165, 1.54) is 0 Å². The molecule has 40 heavy (non-hydrogen) atoms. The zero-order valence-corrected chi connectivity index (χ0v) is 23.6. The number of aromatic hydroxyl groups is 1. The van der Waals surface area contributed by atoms with Crippen LogP contribution in [0.2, 0.25) is 0 Å². The topological polar surface area (TPSA) is 146 Å². The van der Waals surface area contributed by atoms with Gasteiger partial charge in [-0.1, -0.05) is 6.08 Å². The summed E-state index contributed by atoms with van der Waals surface area (Å²) in [5.41, 5.74) is 2.99. The predicted molar refractivity (Wildman–Crippen MR) is 156 cm³/mol. The summed E-state index contributed by atoms with van der Waals surface area (Å²) in [6.07, 6.45) is 8.49. The van der Waals surface area contributed by atoms with E-state index < -0.39 is 15.9 Å². The molecule has 212 valence electrons. The van der Waals surface area contributed by atoms with E-state index in [0.29, 0.717) is 28.3 Å². The van der Waals surface area contributed by atoms with Crippen LogP contribution in [0.5, 0.6) is 5.75 Å². The van der Waals surface area contributed by atoms with Crippen LogP contribution >= 0.6 is 0 Å². The van der Waals surface area contributed by atoms with Gasteiger partial charge >= 0.3 is 0 Å². The minimum Gasteiger partial charge on any atom is -0.507 e. The first-order valence-corrected chi connectivity index (χ1v) is 14.9. The summed E-state index contributed by atoms with van der Waals surface area (Å²) < 4.78 is 29.2. The van der Waals surface area contributed by atoms with Gasteiger partial charge in [-0.15, -0.1) is 6.58 Å². The molecule has 2 aromatic carbocycles. The number of phenols is 1. The Bertz CT molecular complexity index is 1700. The summed E-state index contributed by atoms with van der Waals surface area (Å²) in [5.74, 6) is -0.683. The Morgan fingerprint density at radius 1 is 1.12 bits per heavy atom. The second-order valence-corrected chi connectivity index (χ2v) is 12.1. The molecule has 1 aliphatic rings. The standard InChI is InChI=1S/C27H34N8O4S/c1-5-8-28-19-6-9-35(10-7-19)22-13-23(36)24(26-21(22)16-34(3)32-26)27(37)30-20-11-17(14-29-40(4,38)39)25-18(12-20)15-33(2)31-25/h5,11-13,15-16,19,28-29,36H,1,6-10,14H2,2-4H3,(H,30,37). The molecule has 0 saturated carbocycles. The van der Waals surface area contributed by atoms with Crippen LogP contribution in [-0.2, 0) is 30.7 Å². The molecular formula is C27H34N8O4S. The number of sulfonamides is 1. The number of carbonyl (C=O) groups is 1. The van der Waals surface area contributed by atoms with E-state index in [2.05, 4.69) is 37.0 Å². The van der Waals surface area contributed by atoms with E-state index in [9.17, 15) is 18.3 Å². The molecule has 1 aliphatic heterocycles. The van der Waals surface area contributed by atoms with E-state index in [-0.39, 0.29) is 17.9 Å². The maximum Gasteiger partial charge on any atom is 0.261 e. The lowest BCUT2D eigenvalue weighted by Gasteiger charge is -2.34. The highest BCUT2D eigenvalue weighted by molar-refractivity contribution is 7.88. The molecule has 0 spiro atoms. The Labute approximate surface area is 232 Å². The number of fused-ring (bicyclic) bond motifs is 2. The molecule has 4 N–H and O–H groups in total. The molecule has 12 nitrogen and oxygen atoms in total. The van der Waals surface area contributed by atoms with Gasteiger partial charge in [0, 0.05) is 81.2 Å². The highest BCUT2D eigenvalue weighted by atomic mass is 32.2. The number of benzene rings is 2. The molecule has 3 heterocycles. The van der Waals surface area contributed by atoms with Gasteiger partial charge in [0.25, 0.3) is 5.91 Å². The first-order valence-electron chi connectivity index (χ1n) is 13.0. The summed E-state index contributed by atoms with van der Waals surface area (Å²) in [5, 5.41) is 27.9. The number of anilines is 2. The van der Waals surface area contributed by atoms with Crippen LogP contribution in [0.15, 0.2) is 43.2 Å². The number of piperidine rings is 1. The van der Waals surface area contributed by atoms with Crippen LogP contribution in [0, 0.1) is 0 Å². The summed E-state index contributed by atoms with van der Waals surface area (Å²) in [6.45, 7) is 6.16. The van der Waals surface area contributed by atoms with E-state index in [1.54, 1.807) is 47.9 Å². The first-order chi connectivity index (χ1) is 19.0. The largest absolute Gasteiger partial charge is 0.507 e. The lowest BCUT2D eigenvalue weighted by molar-refractivity contribution is 0.102. The number of nitrogens with zero attached hydrogens (tertiary/aromatic N) is 5. The quantitative estimate of drug-likeness (QED) is 0.226. The third kappa shape index (κ3) is 5.81. The smallest absolute Gasteiger partial charge is 0.261 e. The average molecular weight is 567 g/mol. The molecule has 0 aliphatic carbocycles. The fourth-order valence-corrected chi connectivity index (χ4v) is 5.68. The van der Waals surface area contributed by atoms with Crippen LogP contribution in [-0.4, -0.2) is 70.9 Å². The van der Waals surface area contributed by atoms with Crippen molar-refractivity contribution in [3.05, 3.63) is 54.4 Å². The van der Waals surface area contributed by atoms with Gasteiger partial charge in [-0.2, -0.15) is 10.2 Å². The highest BCUT2D eigenvalue weighted by Gasteiger charge is 2.26. The van der Waals surface area contributed by atoms with Crippen molar-refractivity contribution in [3.8, 4) is 5.75 Å². The second kappa shape index (κ2) is 10.9. The number of phenolic OH excluding ortho intramolecular Hbond substituents is 1. The Morgan fingerprint density at radius 3 is 2.52 bits per heavy atom. The van der Waals surface area contributed by atoms with Gasteiger partial charge in [0.05, 0.1) is 17.5 Å². The molecule has 0 atom stereocenters. The molecule has 1 fully saturated rings. The molecule has 0 radical (unpaired) electrons. The molecule has 1 amide bonds. The third-order valence-corrected chi connectivity index (χ3v) is 7.74. The lowest BCUT2D eigenvalue weighted by Crippen LogP contribution is -2.42. The fourth-order valence-electron chi connectivity index (χ4n) is 5.26. The number of amides is 1. The maximum absolute atomic E-state index is 13.6.